The number of rotatable bonds is 7. The number of carboxylic acids is 1. The zero-order chi connectivity index (χ0) is 16.7. The van der Waals surface area contributed by atoms with E-state index in [0.717, 1.165) is 16.6 Å². The molecule has 1 fully saturated rings. The summed E-state index contributed by atoms with van der Waals surface area (Å²) in [5, 5.41) is 8.93. The van der Waals surface area contributed by atoms with Gasteiger partial charge in [-0.2, -0.15) is 0 Å². The third kappa shape index (κ3) is 5.84. The number of halogens is 1. The Morgan fingerprint density at radius 1 is 1.30 bits per heavy atom. The monoisotopic (exact) mass is 385 g/mol. The van der Waals surface area contributed by atoms with Gasteiger partial charge in [0.25, 0.3) is 0 Å². The van der Waals surface area contributed by atoms with Gasteiger partial charge in [-0.15, -0.1) is 0 Å². The van der Waals surface area contributed by atoms with Crippen LogP contribution in [0.4, 0.5) is 0 Å². The van der Waals surface area contributed by atoms with Gasteiger partial charge in [0.2, 0.25) is 5.91 Å². The Labute approximate surface area is 143 Å². The molecule has 1 atom stereocenters. The average Bonchev–Trinajstić information content (AvgIpc) is 2.56. The van der Waals surface area contributed by atoms with E-state index < -0.39 is 12.1 Å². The SMILES string of the molecule is O=C(O)[C@H]1CN(C(=O)CCCCOc2ccc(Br)cc2)CCO1. The van der Waals surface area contributed by atoms with Crippen LogP contribution in [0, 0.1) is 0 Å². The summed E-state index contributed by atoms with van der Waals surface area (Å²) in [4.78, 5) is 24.5. The van der Waals surface area contributed by atoms with Crippen molar-refractivity contribution >= 4 is 27.8 Å². The minimum Gasteiger partial charge on any atom is -0.494 e. The molecule has 0 unspecified atom stereocenters. The van der Waals surface area contributed by atoms with Crippen molar-refractivity contribution in [2.24, 2.45) is 0 Å². The van der Waals surface area contributed by atoms with Crippen LogP contribution in [0.2, 0.25) is 0 Å². The summed E-state index contributed by atoms with van der Waals surface area (Å²) in [6.07, 6.45) is 0.975. The van der Waals surface area contributed by atoms with E-state index in [0.29, 0.717) is 26.0 Å². The Balaban J connectivity index is 1.62. The Bertz CT molecular complexity index is 534. The van der Waals surface area contributed by atoms with Crippen LogP contribution in [-0.4, -0.2) is 54.3 Å². The van der Waals surface area contributed by atoms with Crippen LogP contribution in [0.15, 0.2) is 28.7 Å². The number of hydrogen-bond donors (Lipinski definition) is 1. The first kappa shape index (κ1) is 17.7. The van der Waals surface area contributed by atoms with Crippen LogP contribution in [0.1, 0.15) is 19.3 Å². The first-order valence-corrected chi connectivity index (χ1v) is 8.36. The third-order valence-corrected chi connectivity index (χ3v) is 4.09. The van der Waals surface area contributed by atoms with E-state index in [2.05, 4.69) is 15.9 Å². The molecule has 1 aliphatic heterocycles. The molecule has 1 saturated heterocycles. The molecule has 0 aromatic heterocycles. The van der Waals surface area contributed by atoms with E-state index in [9.17, 15) is 9.59 Å². The second-order valence-corrected chi connectivity index (χ2v) is 6.21. The lowest BCUT2D eigenvalue weighted by Crippen LogP contribution is -2.48. The van der Waals surface area contributed by atoms with Crippen molar-refractivity contribution in [3.8, 4) is 5.75 Å². The maximum Gasteiger partial charge on any atom is 0.334 e. The summed E-state index contributed by atoms with van der Waals surface area (Å²) in [6.45, 7) is 1.41. The number of ether oxygens (including phenoxy) is 2. The van der Waals surface area contributed by atoms with Crippen molar-refractivity contribution in [2.45, 2.75) is 25.4 Å². The van der Waals surface area contributed by atoms with E-state index in [-0.39, 0.29) is 19.1 Å². The second kappa shape index (κ2) is 8.88. The first-order valence-electron chi connectivity index (χ1n) is 7.57. The highest BCUT2D eigenvalue weighted by atomic mass is 79.9. The summed E-state index contributed by atoms with van der Waals surface area (Å²) >= 11 is 3.36. The predicted molar refractivity (Wildman–Crippen MR) is 87.4 cm³/mol. The lowest BCUT2D eigenvalue weighted by molar-refractivity contribution is -0.159. The van der Waals surface area contributed by atoms with Gasteiger partial charge in [0.05, 0.1) is 19.8 Å². The van der Waals surface area contributed by atoms with Crippen LogP contribution in [-0.2, 0) is 14.3 Å². The fourth-order valence-corrected chi connectivity index (χ4v) is 2.55. The van der Waals surface area contributed by atoms with Gasteiger partial charge in [-0.3, -0.25) is 4.79 Å². The Kier molecular flexibility index (Phi) is 6.85. The van der Waals surface area contributed by atoms with E-state index in [4.69, 9.17) is 14.6 Å². The van der Waals surface area contributed by atoms with Crippen LogP contribution in [0.25, 0.3) is 0 Å². The van der Waals surface area contributed by atoms with Gasteiger partial charge in [-0.1, -0.05) is 15.9 Å². The number of morpholine rings is 1. The molecule has 1 amide bonds. The summed E-state index contributed by atoms with van der Waals surface area (Å²) in [5.41, 5.74) is 0. The third-order valence-electron chi connectivity index (χ3n) is 3.56. The average molecular weight is 386 g/mol. The van der Waals surface area contributed by atoms with Gasteiger partial charge in [-0.25, -0.2) is 4.79 Å². The van der Waals surface area contributed by atoms with E-state index >= 15 is 0 Å². The molecule has 1 heterocycles. The zero-order valence-electron chi connectivity index (χ0n) is 12.7. The zero-order valence-corrected chi connectivity index (χ0v) is 14.3. The lowest BCUT2D eigenvalue weighted by atomic mass is 10.2. The molecule has 0 spiro atoms. The fraction of sp³-hybridized carbons (Fsp3) is 0.500. The van der Waals surface area contributed by atoms with E-state index in [1.807, 2.05) is 24.3 Å². The Morgan fingerprint density at radius 3 is 2.74 bits per heavy atom. The number of unbranched alkanes of at least 4 members (excludes halogenated alkanes) is 1. The van der Waals surface area contributed by atoms with Crippen LogP contribution < -0.4 is 4.74 Å². The molecular weight excluding hydrogens is 366 g/mol. The molecule has 1 aromatic rings. The minimum absolute atomic E-state index is 0.0248. The maximum absolute atomic E-state index is 12.1. The molecule has 6 nitrogen and oxygen atoms in total. The molecule has 0 saturated carbocycles. The van der Waals surface area contributed by atoms with Crippen molar-refractivity contribution in [3.05, 3.63) is 28.7 Å². The van der Waals surface area contributed by atoms with Crippen molar-refractivity contribution in [2.75, 3.05) is 26.3 Å². The van der Waals surface area contributed by atoms with Crippen molar-refractivity contribution in [1.82, 2.24) is 4.90 Å². The van der Waals surface area contributed by atoms with Crippen LogP contribution in [0.3, 0.4) is 0 Å². The molecule has 126 valence electrons. The summed E-state index contributed by atoms with van der Waals surface area (Å²) < 4.78 is 11.7. The maximum atomic E-state index is 12.1. The number of hydrogen-bond acceptors (Lipinski definition) is 4. The fourth-order valence-electron chi connectivity index (χ4n) is 2.28. The molecule has 23 heavy (non-hydrogen) atoms. The van der Waals surface area contributed by atoms with Crippen LogP contribution in [0.5, 0.6) is 5.75 Å². The van der Waals surface area contributed by atoms with Gasteiger partial charge in [0.15, 0.2) is 6.10 Å². The molecule has 0 radical (unpaired) electrons. The van der Waals surface area contributed by atoms with E-state index in [1.165, 1.54) is 0 Å². The number of amides is 1. The molecule has 0 bridgehead atoms. The van der Waals surface area contributed by atoms with Crippen molar-refractivity contribution in [1.29, 1.82) is 0 Å². The molecule has 1 aromatic carbocycles. The van der Waals surface area contributed by atoms with Crippen molar-refractivity contribution in [3.63, 3.8) is 0 Å². The Morgan fingerprint density at radius 2 is 2.04 bits per heavy atom. The number of benzene rings is 1. The van der Waals surface area contributed by atoms with Gasteiger partial charge >= 0.3 is 5.97 Å². The number of nitrogens with zero attached hydrogens (tertiary/aromatic N) is 1. The van der Waals surface area contributed by atoms with Gasteiger partial charge in [0, 0.05) is 17.4 Å². The predicted octanol–water partition coefficient (Wildman–Crippen LogP) is 2.31. The molecule has 2 rings (SSSR count). The first-order chi connectivity index (χ1) is 11.1. The molecule has 7 heteroatoms. The minimum atomic E-state index is -1.02. The molecular formula is C16H20BrNO5. The van der Waals surface area contributed by atoms with Crippen LogP contribution >= 0.6 is 15.9 Å². The smallest absolute Gasteiger partial charge is 0.334 e. The molecule has 1 N–H and O–H groups in total. The normalized spacial score (nSPS) is 17.8. The lowest BCUT2D eigenvalue weighted by Gasteiger charge is -2.30. The number of carbonyl (C=O) groups excluding carboxylic acids is 1. The molecule has 0 aliphatic carbocycles. The standard InChI is InChI=1S/C16H20BrNO5/c17-12-4-6-13(7-5-12)22-9-2-1-3-15(19)18-8-10-23-14(11-18)16(20)21/h4-7,14H,1-3,8-11H2,(H,20,21)/t14-/m1/s1. The largest absolute Gasteiger partial charge is 0.494 e. The van der Waals surface area contributed by atoms with Gasteiger partial charge < -0.3 is 19.5 Å². The molecule has 1 aliphatic rings. The summed E-state index contributed by atoms with van der Waals surface area (Å²) in [6, 6.07) is 7.59. The number of carboxylic acid groups (broad SMARTS) is 1. The van der Waals surface area contributed by atoms with Gasteiger partial charge in [0.1, 0.15) is 5.75 Å². The highest BCUT2D eigenvalue weighted by Crippen LogP contribution is 2.16. The second-order valence-electron chi connectivity index (χ2n) is 5.30. The van der Waals surface area contributed by atoms with Gasteiger partial charge in [-0.05, 0) is 37.1 Å². The summed E-state index contributed by atoms with van der Waals surface area (Å²) in [5.74, 6) is -0.245. The van der Waals surface area contributed by atoms with E-state index in [1.54, 1.807) is 4.90 Å². The summed E-state index contributed by atoms with van der Waals surface area (Å²) in [7, 11) is 0. The quantitative estimate of drug-likeness (QED) is 0.728. The number of carbonyl (C=O) groups is 2. The topological polar surface area (TPSA) is 76.1 Å². The highest BCUT2D eigenvalue weighted by molar-refractivity contribution is 9.10. The Hall–Kier alpha value is -1.60. The van der Waals surface area contributed by atoms with Crippen molar-refractivity contribution < 1.29 is 24.2 Å². The highest BCUT2D eigenvalue weighted by Gasteiger charge is 2.28. The number of aliphatic carboxylic acids is 1.